The summed E-state index contributed by atoms with van der Waals surface area (Å²) in [7, 11) is 0. The van der Waals surface area contributed by atoms with E-state index in [-0.39, 0.29) is 23.8 Å². The summed E-state index contributed by atoms with van der Waals surface area (Å²) < 4.78 is 13.1. The van der Waals surface area contributed by atoms with Gasteiger partial charge < -0.3 is 5.32 Å². The normalized spacial score (nSPS) is 13.5. The van der Waals surface area contributed by atoms with Crippen LogP contribution in [-0.2, 0) is 4.79 Å². The first-order chi connectivity index (χ1) is 10.1. The molecule has 110 valence electrons. The van der Waals surface area contributed by atoms with Gasteiger partial charge in [-0.2, -0.15) is 0 Å². The zero-order valence-corrected chi connectivity index (χ0v) is 12.1. The zero-order valence-electron chi connectivity index (χ0n) is 12.1. The summed E-state index contributed by atoms with van der Waals surface area (Å²) in [5.41, 5.74) is 1.57. The number of rotatable bonds is 5. The Bertz CT molecular complexity index is 601. The fraction of sp³-hybridized carbons (Fsp3) is 0.235. The summed E-state index contributed by atoms with van der Waals surface area (Å²) in [6.45, 7) is 3.79. The van der Waals surface area contributed by atoms with Crippen molar-refractivity contribution in [2.75, 3.05) is 5.32 Å². The van der Waals surface area contributed by atoms with E-state index in [0.717, 1.165) is 5.56 Å². The maximum Gasteiger partial charge on any atom is 0.241 e. The molecule has 0 saturated carbocycles. The molecule has 2 aromatic carbocycles. The van der Waals surface area contributed by atoms with Crippen molar-refractivity contribution in [3.8, 4) is 0 Å². The van der Waals surface area contributed by atoms with Crippen molar-refractivity contribution >= 4 is 11.6 Å². The lowest BCUT2D eigenvalue weighted by atomic mass is 10.1. The molecule has 0 aliphatic rings. The summed E-state index contributed by atoms with van der Waals surface area (Å²) in [5, 5.41) is 5.92. The molecule has 0 fully saturated rings. The smallest absolute Gasteiger partial charge is 0.241 e. The first-order valence-corrected chi connectivity index (χ1v) is 6.93. The number of carbonyl (C=O) groups is 1. The Morgan fingerprint density at radius 1 is 1.05 bits per heavy atom. The van der Waals surface area contributed by atoms with Gasteiger partial charge in [0.15, 0.2) is 0 Å². The summed E-state index contributed by atoms with van der Waals surface area (Å²) in [6, 6.07) is 15.4. The topological polar surface area (TPSA) is 41.1 Å². The summed E-state index contributed by atoms with van der Waals surface area (Å²) in [6.07, 6.45) is 0. The molecule has 0 saturated heterocycles. The Morgan fingerprint density at radius 3 is 2.43 bits per heavy atom. The minimum absolute atomic E-state index is 0.0551. The van der Waals surface area contributed by atoms with Gasteiger partial charge in [0.05, 0.1) is 6.04 Å². The van der Waals surface area contributed by atoms with E-state index in [1.807, 2.05) is 37.3 Å². The van der Waals surface area contributed by atoms with Crippen LogP contribution >= 0.6 is 0 Å². The van der Waals surface area contributed by atoms with Crippen molar-refractivity contribution in [3.05, 3.63) is 66.0 Å². The number of hydrogen-bond donors (Lipinski definition) is 2. The van der Waals surface area contributed by atoms with Crippen molar-refractivity contribution in [1.82, 2.24) is 5.32 Å². The molecule has 2 rings (SSSR count). The Labute approximate surface area is 124 Å². The Morgan fingerprint density at radius 2 is 1.76 bits per heavy atom. The molecule has 0 unspecified atom stereocenters. The van der Waals surface area contributed by atoms with E-state index in [2.05, 4.69) is 10.6 Å². The van der Waals surface area contributed by atoms with Crippen LogP contribution in [0.2, 0.25) is 0 Å². The van der Waals surface area contributed by atoms with E-state index in [0.29, 0.717) is 5.69 Å². The molecule has 0 aliphatic heterocycles. The number of hydrogen-bond acceptors (Lipinski definition) is 2. The number of benzene rings is 2. The van der Waals surface area contributed by atoms with Crippen LogP contribution in [0, 0.1) is 5.82 Å². The molecule has 0 spiro atoms. The second-order valence-corrected chi connectivity index (χ2v) is 5.02. The van der Waals surface area contributed by atoms with Crippen LogP contribution in [0.5, 0.6) is 0 Å². The van der Waals surface area contributed by atoms with E-state index in [1.54, 1.807) is 19.1 Å². The quantitative estimate of drug-likeness (QED) is 0.883. The van der Waals surface area contributed by atoms with Crippen molar-refractivity contribution in [3.63, 3.8) is 0 Å². The van der Waals surface area contributed by atoms with Gasteiger partial charge in [0.2, 0.25) is 5.91 Å². The highest BCUT2D eigenvalue weighted by molar-refractivity contribution is 5.94. The summed E-state index contributed by atoms with van der Waals surface area (Å²) in [5.74, 6) is -0.561. The van der Waals surface area contributed by atoms with E-state index in [4.69, 9.17) is 0 Å². The lowest BCUT2D eigenvalue weighted by Crippen LogP contribution is -2.39. The average Bonchev–Trinajstić information content (AvgIpc) is 2.48. The zero-order chi connectivity index (χ0) is 15.2. The van der Waals surface area contributed by atoms with E-state index < -0.39 is 0 Å². The number of halogens is 1. The molecule has 3 nitrogen and oxygen atoms in total. The second-order valence-electron chi connectivity index (χ2n) is 5.02. The maximum absolute atomic E-state index is 13.1. The standard InChI is InChI=1S/C17H19FN2O/c1-12(14-7-4-3-5-8-14)19-13(2)17(21)20-16-10-6-9-15(18)11-16/h3-13,19H,1-2H3,(H,20,21)/t12-,13+/m1/s1. The lowest BCUT2D eigenvalue weighted by molar-refractivity contribution is -0.117. The van der Waals surface area contributed by atoms with Gasteiger partial charge in [-0.25, -0.2) is 4.39 Å². The van der Waals surface area contributed by atoms with Crippen molar-refractivity contribution < 1.29 is 9.18 Å². The molecular weight excluding hydrogens is 267 g/mol. The predicted molar refractivity (Wildman–Crippen MR) is 82.5 cm³/mol. The molecule has 0 heterocycles. The van der Waals surface area contributed by atoms with Crippen molar-refractivity contribution in [2.45, 2.75) is 25.9 Å². The Hall–Kier alpha value is -2.20. The molecule has 0 bridgehead atoms. The van der Waals surface area contributed by atoms with E-state index in [1.165, 1.54) is 12.1 Å². The highest BCUT2D eigenvalue weighted by atomic mass is 19.1. The fourth-order valence-corrected chi connectivity index (χ4v) is 2.11. The molecule has 2 N–H and O–H groups in total. The summed E-state index contributed by atoms with van der Waals surface area (Å²) in [4.78, 5) is 12.1. The van der Waals surface area contributed by atoms with E-state index in [9.17, 15) is 9.18 Å². The van der Waals surface area contributed by atoms with Crippen LogP contribution in [0.1, 0.15) is 25.5 Å². The third-order valence-corrected chi connectivity index (χ3v) is 3.29. The molecular formula is C17H19FN2O. The average molecular weight is 286 g/mol. The monoisotopic (exact) mass is 286 g/mol. The minimum Gasteiger partial charge on any atom is -0.325 e. The van der Waals surface area contributed by atoms with Gasteiger partial charge in [0, 0.05) is 11.7 Å². The molecule has 4 heteroatoms. The SMILES string of the molecule is C[C@H](N[C@H](C)c1ccccc1)C(=O)Nc1cccc(F)c1. The van der Waals surface area contributed by atoms with Crippen LogP contribution in [0.4, 0.5) is 10.1 Å². The Balaban J connectivity index is 1.93. The van der Waals surface area contributed by atoms with Gasteiger partial charge in [0.25, 0.3) is 0 Å². The first-order valence-electron chi connectivity index (χ1n) is 6.93. The molecule has 21 heavy (non-hydrogen) atoms. The lowest BCUT2D eigenvalue weighted by Gasteiger charge is -2.20. The highest BCUT2D eigenvalue weighted by Gasteiger charge is 2.16. The third-order valence-electron chi connectivity index (χ3n) is 3.29. The van der Waals surface area contributed by atoms with Gasteiger partial charge in [-0.3, -0.25) is 10.1 Å². The molecule has 2 aromatic rings. The fourth-order valence-electron chi connectivity index (χ4n) is 2.11. The number of carbonyl (C=O) groups excluding carboxylic acids is 1. The van der Waals surface area contributed by atoms with Gasteiger partial charge in [0.1, 0.15) is 5.82 Å². The van der Waals surface area contributed by atoms with Crippen LogP contribution in [-0.4, -0.2) is 11.9 Å². The van der Waals surface area contributed by atoms with Crippen LogP contribution in [0.3, 0.4) is 0 Å². The van der Waals surface area contributed by atoms with Crippen molar-refractivity contribution in [2.24, 2.45) is 0 Å². The van der Waals surface area contributed by atoms with Crippen LogP contribution < -0.4 is 10.6 Å². The van der Waals surface area contributed by atoms with Crippen LogP contribution in [0.15, 0.2) is 54.6 Å². The van der Waals surface area contributed by atoms with Crippen LogP contribution in [0.25, 0.3) is 0 Å². The minimum atomic E-state index is -0.386. The van der Waals surface area contributed by atoms with Gasteiger partial charge in [-0.15, -0.1) is 0 Å². The molecule has 2 atom stereocenters. The number of anilines is 1. The van der Waals surface area contributed by atoms with Gasteiger partial charge in [-0.05, 0) is 37.6 Å². The number of nitrogens with one attached hydrogen (secondary N) is 2. The second kappa shape index (κ2) is 6.99. The maximum atomic E-state index is 13.1. The molecule has 0 aromatic heterocycles. The molecule has 0 radical (unpaired) electrons. The molecule has 0 aliphatic carbocycles. The Kier molecular flexibility index (Phi) is 5.06. The predicted octanol–water partition coefficient (Wildman–Crippen LogP) is 3.50. The molecule has 1 amide bonds. The summed E-state index contributed by atoms with van der Waals surface area (Å²) >= 11 is 0. The first kappa shape index (κ1) is 15.2. The third kappa shape index (κ3) is 4.39. The highest BCUT2D eigenvalue weighted by Crippen LogP contribution is 2.13. The van der Waals surface area contributed by atoms with Crippen molar-refractivity contribution in [1.29, 1.82) is 0 Å². The number of amides is 1. The van der Waals surface area contributed by atoms with E-state index >= 15 is 0 Å². The van der Waals surface area contributed by atoms with Gasteiger partial charge >= 0.3 is 0 Å². The largest absolute Gasteiger partial charge is 0.325 e. The van der Waals surface area contributed by atoms with Gasteiger partial charge in [-0.1, -0.05) is 36.4 Å².